The number of carbonyl (C=O) groups excluding carboxylic acids is 1. The van der Waals surface area contributed by atoms with Crippen molar-refractivity contribution in [3.63, 3.8) is 0 Å². The molecule has 4 atom stereocenters. The topological polar surface area (TPSA) is 110 Å². The van der Waals surface area contributed by atoms with Crippen molar-refractivity contribution in [2.75, 3.05) is 23.7 Å². The van der Waals surface area contributed by atoms with Crippen molar-refractivity contribution in [2.24, 2.45) is 10.9 Å². The minimum atomic E-state index is -0.802. The molecule has 1 fully saturated rings. The Bertz CT molecular complexity index is 1660. The summed E-state index contributed by atoms with van der Waals surface area (Å²) in [5.41, 5.74) is 6.05. The normalized spacial score (nSPS) is 22.5. The Kier molecular flexibility index (Phi) is 7.70. The van der Waals surface area contributed by atoms with E-state index in [0.717, 1.165) is 5.57 Å². The number of nitrogens with two attached hydrogens (primary N) is 1. The minimum Gasteiger partial charge on any atom is -0.398 e. The number of hydrogen-bond donors (Lipinski definition) is 1. The van der Waals surface area contributed by atoms with Crippen molar-refractivity contribution in [3.8, 4) is 11.3 Å². The van der Waals surface area contributed by atoms with Crippen LogP contribution in [-0.2, 0) is 4.79 Å². The van der Waals surface area contributed by atoms with Crippen molar-refractivity contribution in [2.45, 2.75) is 58.8 Å². The Morgan fingerprint density at radius 3 is 2.45 bits per heavy atom. The van der Waals surface area contributed by atoms with Crippen LogP contribution in [0.2, 0.25) is 0 Å². The number of carbonyl (C=O) groups is 1. The maximum atomic E-state index is 15.9. The number of hydrogen-bond acceptors (Lipinski definition) is 7. The van der Waals surface area contributed by atoms with Crippen molar-refractivity contribution in [1.29, 1.82) is 0 Å². The zero-order chi connectivity index (χ0) is 30.5. The first kappa shape index (κ1) is 29.1. The molecular formula is C31H35F2N7O2. The van der Waals surface area contributed by atoms with Crippen LogP contribution in [0.15, 0.2) is 58.4 Å². The van der Waals surface area contributed by atoms with E-state index in [1.807, 2.05) is 45.6 Å². The highest BCUT2D eigenvalue weighted by atomic mass is 19.1. The van der Waals surface area contributed by atoms with Crippen LogP contribution >= 0.6 is 0 Å². The van der Waals surface area contributed by atoms with Crippen LogP contribution in [0.4, 0.5) is 20.3 Å². The van der Waals surface area contributed by atoms with Crippen molar-refractivity contribution >= 4 is 34.7 Å². The molecule has 2 N–H and O–H groups in total. The molecule has 0 bridgehead atoms. The van der Waals surface area contributed by atoms with E-state index in [0.29, 0.717) is 18.5 Å². The lowest BCUT2D eigenvalue weighted by Crippen LogP contribution is -2.58. The number of anilines is 2. The van der Waals surface area contributed by atoms with E-state index in [1.165, 1.54) is 34.9 Å². The van der Waals surface area contributed by atoms with Gasteiger partial charge in [-0.3, -0.25) is 14.4 Å². The number of rotatable bonds is 5. The Morgan fingerprint density at radius 1 is 1.14 bits per heavy atom. The van der Waals surface area contributed by atoms with Crippen LogP contribution in [0.5, 0.6) is 0 Å². The van der Waals surface area contributed by atoms with E-state index in [1.54, 1.807) is 11.1 Å². The number of aliphatic imine (C=N–C) groups is 1. The van der Waals surface area contributed by atoms with Crippen LogP contribution < -0.4 is 16.3 Å². The summed E-state index contributed by atoms with van der Waals surface area (Å²) in [4.78, 5) is 43.9. The summed E-state index contributed by atoms with van der Waals surface area (Å²) in [5, 5.41) is 0.290. The van der Waals surface area contributed by atoms with Gasteiger partial charge in [0.2, 0.25) is 5.91 Å². The van der Waals surface area contributed by atoms with Gasteiger partial charge in [-0.25, -0.2) is 18.6 Å². The van der Waals surface area contributed by atoms with Gasteiger partial charge in [0, 0.05) is 37.1 Å². The zero-order valence-electron chi connectivity index (χ0n) is 24.4. The molecule has 0 saturated carbocycles. The third kappa shape index (κ3) is 4.86. The van der Waals surface area contributed by atoms with Gasteiger partial charge in [0.1, 0.15) is 23.0 Å². The molecular weight excluding hydrogens is 540 g/mol. The highest BCUT2D eigenvalue weighted by Gasteiger charge is 2.36. The number of benzene rings is 1. The molecule has 11 heteroatoms. The smallest absolute Gasteiger partial charge is 0.351 e. The van der Waals surface area contributed by atoms with Gasteiger partial charge in [0.15, 0.2) is 5.82 Å². The third-order valence-electron chi connectivity index (χ3n) is 8.11. The molecule has 9 nitrogen and oxygen atoms in total. The Hall–Kier alpha value is -4.41. The molecule has 0 radical (unpaired) electrons. The van der Waals surface area contributed by atoms with Gasteiger partial charge in [-0.2, -0.15) is 4.98 Å². The summed E-state index contributed by atoms with van der Waals surface area (Å²) in [6, 6.07) is 4.00. The monoisotopic (exact) mass is 575 g/mol. The largest absolute Gasteiger partial charge is 0.398 e. The minimum absolute atomic E-state index is 0.0213. The Balaban J connectivity index is 1.79. The first-order chi connectivity index (χ1) is 19.9. The number of halogens is 2. The maximum absolute atomic E-state index is 15.9. The fourth-order valence-corrected chi connectivity index (χ4v) is 6.22. The molecule has 1 saturated heterocycles. The maximum Gasteiger partial charge on any atom is 0.351 e. The van der Waals surface area contributed by atoms with Crippen LogP contribution in [0.25, 0.3) is 22.3 Å². The molecule has 42 heavy (non-hydrogen) atoms. The quantitative estimate of drug-likeness (QED) is 0.354. The van der Waals surface area contributed by atoms with Gasteiger partial charge in [-0.05, 0) is 62.6 Å². The van der Waals surface area contributed by atoms with Crippen LogP contribution in [-0.4, -0.2) is 62.8 Å². The third-order valence-corrected chi connectivity index (χ3v) is 8.11. The van der Waals surface area contributed by atoms with E-state index < -0.39 is 23.4 Å². The van der Waals surface area contributed by atoms with Crippen LogP contribution in [0, 0.1) is 17.6 Å². The summed E-state index contributed by atoms with van der Waals surface area (Å²) < 4.78 is 32.4. The van der Waals surface area contributed by atoms with Gasteiger partial charge >= 0.3 is 5.69 Å². The molecule has 1 aromatic carbocycles. The van der Waals surface area contributed by atoms with Crippen molar-refractivity contribution in [1.82, 2.24) is 19.4 Å². The van der Waals surface area contributed by atoms with Crippen LogP contribution in [0.1, 0.15) is 40.7 Å². The van der Waals surface area contributed by atoms with Gasteiger partial charge in [0.05, 0.1) is 23.0 Å². The lowest BCUT2D eigenvalue weighted by Gasteiger charge is -2.44. The fraction of sp³-hybridized carbons (Fsp3) is 0.387. The zero-order valence-corrected chi connectivity index (χ0v) is 24.4. The summed E-state index contributed by atoms with van der Waals surface area (Å²) in [6.45, 7) is 14.0. The molecule has 0 aliphatic carbocycles. The lowest BCUT2D eigenvalue weighted by atomic mass is 9.90. The average molecular weight is 576 g/mol. The molecule has 2 aromatic heterocycles. The number of piperazine rings is 1. The molecule has 5 rings (SSSR count). The Labute approximate surface area is 243 Å². The first-order valence-electron chi connectivity index (χ1n) is 14.0. The molecule has 0 spiro atoms. The SMILES string of the molecule is C=CC(=O)N1[C@H](C)CN(c2nc(=O)n(C3C(C)=CC=N[C@H]3C(C)C)c3nc(-c4c(N)cccc4F)c(F)cc23)C[C@@H]1C. The summed E-state index contributed by atoms with van der Waals surface area (Å²) in [7, 11) is 0. The second-order valence-corrected chi connectivity index (χ2v) is 11.4. The van der Waals surface area contributed by atoms with E-state index in [-0.39, 0.29) is 58.4 Å². The van der Waals surface area contributed by atoms with E-state index in [2.05, 4.69) is 21.5 Å². The highest BCUT2D eigenvalue weighted by Crippen LogP contribution is 2.37. The Morgan fingerprint density at radius 2 is 1.83 bits per heavy atom. The molecule has 2 aliphatic rings. The number of allylic oxidation sites excluding steroid dienone is 1. The second-order valence-electron chi connectivity index (χ2n) is 11.4. The number of aromatic nitrogens is 3. The predicted molar refractivity (Wildman–Crippen MR) is 162 cm³/mol. The summed E-state index contributed by atoms with van der Waals surface area (Å²) in [6.07, 6.45) is 4.82. The molecule has 2 aliphatic heterocycles. The van der Waals surface area contributed by atoms with E-state index in [4.69, 9.17) is 5.73 Å². The first-order valence-corrected chi connectivity index (χ1v) is 14.0. The van der Waals surface area contributed by atoms with Gasteiger partial charge < -0.3 is 15.5 Å². The van der Waals surface area contributed by atoms with Gasteiger partial charge in [-0.1, -0.05) is 26.5 Å². The average Bonchev–Trinajstić information content (AvgIpc) is 2.92. The van der Waals surface area contributed by atoms with E-state index >= 15 is 8.78 Å². The summed E-state index contributed by atoms with van der Waals surface area (Å²) >= 11 is 0. The number of nitrogens with zero attached hydrogens (tertiary/aromatic N) is 6. The van der Waals surface area contributed by atoms with Gasteiger partial charge in [-0.15, -0.1) is 0 Å². The number of amides is 1. The molecule has 1 unspecified atom stereocenters. The standard InChI is InChI=1S/C31H35F2N7O2/c1-7-24(41)39-18(5)14-38(15-19(39)6)29-20-13-22(33)27(25-21(32)9-8-10-23(25)34)36-30(20)40(31(42)37-29)28-17(4)11-12-35-26(28)16(2)3/h7-13,16,18-19,26,28H,1,14-15,34H2,2-6H3/t18-,19+,26-,28?/m0/s1. The molecule has 3 aromatic rings. The molecule has 1 amide bonds. The number of dihydropyridines is 1. The van der Waals surface area contributed by atoms with Gasteiger partial charge in [0.25, 0.3) is 0 Å². The number of pyridine rings is 1. The number of nitrogen functional groups attached to an aromatic ring is 1. The second kappa shape index (κ2) is 11.1. The fourth-order valence-electron chi connectivity index (χ4n) is 6.22. The van der Waals surface area contributed by atoms with E-state index in [9.17, 15) is 9.59 Å². The van der Waals surface area contributed by atoms with Crippen LogP contribution in [0.3, 0.4) is 0 Å². The predicted octanol–water partition coefficient (Wildman–Crippen LogP) is 4.53. The highest BCUT2D eigenvalue weighted by molar-refractivity contribution is 5.91. The van der Waals surface area contributed by atoms with Crippen molar-refractivity contribution in [3.05, 3.63) is 70.7 Å². The lowest BCUT2D eigenvalue weighted by molar-refractivity contribution is -0.130. The molecule has 4 heterocycles. The van der Waals surface area contributed by atoms with Crippen molar-refractivity contribution < 1.29 is 13.6 Å². The number of fused-ring (bicyclic) bond motifs is 1. The summed E-state index contributed by atoms with van der Waals surface area (Å²) in [5.74, 6) is -1.42. The molecule has 220 valence electrons.